The third-order valence-electron chi connectivity index (χ3n) is 7.00. The molecule has 1 N–H and O–H groups in total. The molecule has 0 radical (unpaired) electrons. The zero-order valence-electron chi connectivity index (χ0n) is 25.5. The van der Waals surface area contributed by atoms with Crippen molar-refractivity contribution >= 4 is 27.5 Å². The Kier molecular flexibility index (Phi) is 10.0. The summed E-state index contributed by atoms with van der Waals surface area (Å²) in [7, 11) is -3.89. The Hall–Kier alpha value is -4.05. The second-order valence-corrected chi connectivity index (χ2v) is 13.9. The number of benzene rings is 3. The van der Waals surface area contributed by atoms with Crippen LogP contribution in [0.4, 0.5) is 5.69 Å². The quantitative estimate of drug-likeness (QED) is 0.345. The fourth-order valence-corrected chi connectivity index (χ4v) is 5.97. The van der Waals surface area contributed by atoms with Gasteiger partial charge in [0.15, 0.2) is 11.5 Å². The molecule has 230 valence electrons. The minimum absolute atomic E-state index is 0.122. The highest BCUT2D eigenvalue weighted by atomic mass is 32.2. The summed E-state index contributed by atoms with van der Waals surface area (Å²) in [5.41, 5.74) is 2.46. The van der Waals surface area contributed by atoms with Crippen molar-refractivity contribution in [2.75, 3.05) is 29.8 Å². The molecule has 43 heavy (non-hydrogen) atoms. The first-order valence-electron chi connectivity index (χ1n) is 14.5. The van der Waals surface area contributed by atoms with Crippen LogP contribution >= 0.6 is 0 Å². The first-order valence-corrected chi connectivity index (χ1v) is 16.1. The molecule has 3 aromatic rings. The number of nitrogens with one attached hydrogen (secondary N) is 1. The molecular weight excluding hydrogens is 566 g/mol. The van der Waals surface area contributed by atoms with Crippen molar-refractivity contribution in [3.63, 3.8) is 0 Å². The molecule has 0 saturated carbocycles. The van der Waals surface area contributed by atoms with Gasteiger partial charge >= 0.3 is 0 Å². The summed E-state index contributed by atoms with van der Waals surface area (Å²) in [6.45, 7) is 9.51. The SMILES string of the molecule is CCS(=O)(=O)N(CC(=O)N(Cc1cccc(C)c1)C(Cc1ccccc1)C(=O)NC(C)(C)C)c1ccc2c(c1)OCCO2. The van der Waals surface area contributed by atoms with Gasteiger partial charge in [0.25, 0.3) is 0 Å². The fraction of sp³-hybridized carbons (Fsp3) is 0.394. The predicted octanol–water partition coefficient (Wildman–Crippen LogP) is 4.48. The maximum atomic E-state index is 14.4. The van der Waals surface area contributed by atoms with Gasteiger partial charge in [-0.2, -0.15) is 0 Å². The van der Waals surface area contributed by atoms with Crippen LogP contribution in [0, 0.1) is 6.92 Å². The van der Waals surface area contributed by atoms with Gasteiger partial charge in [-0.15, -0.1) is 0 Å². The minimum Gasteiger partial charge on any atom is -0.486 e. The monoisotopic (exact) mass is 607 g/mol. The highest BCUT2D eigenvalue weighted by Gasteiger charge is 2.35. The van der Waals surface area contributed by atoms with Gasteiger partial charge in [-0.25, -0.2) is 8.42 Å². The minimum atomic E-state index is -3.89. The number of aryl methyl sites for hydroxylation is 1. The van der Waals surface area contributed by atoms with E-state index in [0.717, 1.165) is 21.0 Å². The van der Waals surface area contributed by atoms with Crippen molar-refractivity contribution in [2.45, 2.75) is 59.2 Å². The number of hydrogen-bond donors (Lipinski definition) is 1. The molecule has 9 nitrogen and oxygen atoms in total. The van der Waals surface area contributed by atoms with Crippen LogP contribution in [0.2, 0.25) is 0 Å². The van der Waals surface area contributed by atoms with E-state index in [-0.39, 0.29) is 30.3 Å². The van der Waals surface area contributed by atoms with Crippen molar-refractivity contribution in [3.05, 3.63) is 89.5 Å². The number of ether oxygens (including phenoxy) is 2. The van der Waals surface area contributed by atoms with Crippen molar-refractivity contribution in [3.8, 4) is 11.5 Å². The summed E-state index contributed by atoms with van der Waals surface area (Å²) in [5.74, 6) is -0.112. The number of fused-ring (bicyclic) bond motifs is 1. The number of nitrogens with zero attached hydrogens (tertiary/aromatic N) is 2. The van der Waals surface area contributed by atoms with Crippen LogP contribution < -0.4 is 19.1 Å². The second-order valence-electron chi connectivity index (χ2n) is 11.7. The molecular formula is C33H41N3O6S. The molecule has 0 saturated heterocycles. The lowest BCUT2D eigenvalue weighted by Gasteiger charge is -2.35. The Labute approximate surface area is 254 Å². The second kappa shape index (κ2) is 13.5. The van der Waals surface area contributed by atoms with Crippen LogP contribution in [0.3, 0.4) is 0 Å². The van der Waals surface area contributed by atoms with E-state index in [4.69, 9.17) is 9.47 Å². The molecule has 1 unspecified atom stereocenters. The molecule has 0 bridgehead atoms. The molecule has 0 spiro atoms. The largest absolute Gasteiger partial charge is 0.486 e. The first kappa shape index (κ1) is 31.9. The lowest BCUT2D eigenvalue weighted by atomic mass is 10.0. The van der Waals surface area contributed by atoms with E-state index < -0.39 is 34.1 Å². The number of rotatable bonds is 11. The number of carbonyl (C=O) groups excluding carboxylic acids is 2. The smallest absolute Gasteiger partial charge is 0.244 e. The van der Waals surface area contributed by atoms with Crippen LogP contribution in [0.25, 0.3) is 0 Å². The summed E-state index contributed by atoms with van der Waals surface area (Å²) < 4.78 is 39.2. The molecule has 3 aromatic carbocycles. The van der Waals surface area contributed by atoms with Gasteiger partial charge in [0.2, 0.25) is 21.8 Å². The van der Waals surface area contributed by atoms with E-state index in [9.17, 15) is 18.0 Å². The lowest BCUT2D eigenvalue weighted by Crippen LogP contribution is -2.56. The van der Waals surface area contributed by atoms with Crippen molar-refractivity contribution < 1.29 is 27.5 Å². The molecule has 1 aliphatic heterocycles. The molecule has 1 heterocycles. The Morgan fingerprint density at radius 3 is 2.23 bits per heavy atom. The number of amides is 2. The van der Waals surface area contributed by atoms with Crippen LogP contribution in [-0.4, -0.2) is 62.2 Å². The highest BCUT2D eigenvalue weighted by molar-refractivity contribution is 7.92. The molecule has 2 amide bonds. The van der Waals surface area contributed by atoms with E-state index in [2.05, 4.69) is 5.32 Å². The fourth-order valence-electron chi connectivity index (χ4n) is 4.92. The zero-order chi connectivity index (χ0) is 31.2. The van der Waals surface area contributed by atoms with Crippen LogP contribution in [0.5, 0.6) is 11.5 Å². The van der Waals surface area contributed by atoms with Gasteiger partial charge < -0.3 is 19.7 Å². The lowest BCUT2D eigenvalue weighted by molar-refractivity contribution is -0.140. The molecule has 1 aliphatic rings. The van der Waals surface area contributed by atoms with Crippen molar-refractivity contribution in [1.29, 1.82) is 0 Å². The summed E-state index contributed by atoms with van der Waals surface area (Å²) in [6.07, 6.45) is 0.255. The van der Waals surface area contributed by atoms with E-state index >= 15 is 0 Å². The Balaban J connectivity index is 1.76. The Bertz CT molecular complexity index is 1540. The van der Waals surface area contributed by atoms with E-state index in [1.54, 1.807) is 18.2 Å². The number of carbonyl (C=O) groups is 2. The molecule has 0 fully saturated rings. The highest BCUT2D eigenvalue weighted by Crippen LogP contribution is 2.35. The number of anilines is 1. The maximum Gasteiger partial charge on any atom is 0.244 e. The van der Waals surface area contributed by atoms with Gasteiger partial charge in [0.1, 0.15) is 25.8 Å². The van der Waals surface area contributed by atoms with Crippen LogP contribution in [0.1, 0.15) is 44.4 Å². The van der Waals surface area contributed by atoms with E-state index in [1.165, 1.54) is 11.8 Å². The summed E-state index contributed by atoms with van der Waals surface area (Å²) in [4.78, 5) is 29.7. The van der Waals surface area contributed by atoms with Gasteiger partial charge in [-0.05, 0) is 57.9 Å². The predicted molar refractivity (Wildman–Crippen MR) is 168 cm³/mol. The third-order valence-corrected chi connectivity index (χ3v) is 8.74. The van der Waals surface area contributed by atoms with E-state index in [0.29, 0.717) is 24.7 Å². The molecule has 0 aliphatic carbocycles. The van der Waals surface area contributed by atoms with Gasteiger partial charge in [-0.1, -0.05) is 60.2 Å². The topological polar surface area (TPSA) is 105 Å². The standard InChI is InChI=1S/C33H41N3O6S/c1-6-43(39,40)36(27-15-16-29-30(21-27)42-18-17-41-29)23-31(37)35(22-26-14-10-11-24(2)19-26)28(32(38)34-33(3,4)5)20-25-12-8-7-9-13-25/h7-16,19,21,28H,6,17-18,20,22-23H2,1-5H3,(H,34,38). The number of hydrogen-bond acceptors (Lipinski definition) is 6. The third kappa shape index (κ3) is 8.50. The van der Waals surface area contributed by atoms with Gasteiger partial charge in [0.05, 0.1) is 11.4 Å². The van der Waals surface area contributed by atoms with Gasteiger partial charge in [0, 0.05) is 24.6 Å². The summed E-state index contributed by atoms with van der Waals surface area (Å²) in [5, 5.41) is 3.04. The van der Waals surface area contributed by atoms with Crippen molar-refractivity contribution in [2.24, 2.45) is 0 Å². The summed E-state index contributed by atoms with van der Waals surface area (Å²) >= 11 is 0. The normalized spacial score (nSPS) is 13.6. The molecule has 10 heteroatoms. The summed E-state index contributed by atoms with van der Waals surface area (Å²) in [6, 6.07) is 21.1. The van der Waals surface area contributed by atoms with Crippen LogP contribution in [-0.2, 0) is 32.6 Å². The van der Waals surface area contributed by atoms with Crippen LogP contribution in [0.15, 0.2) is 72.8 Å². The van der Waals surface area contributed by atoms with Gasteiger partial charge in [-0.3, -0.25) is 13.9 Å². The van der Waals surface area contributed by atoms with E-state index in [1.807, 2.05) is 82.3 Å². The number of sulfonamides is 1. The Morgan fingerprint density at radius 2 is 1.58 bits per heavy atom. The average Bonchev–Trinajstić information content (AvgIpc) is 2.97. The van der Waals surface area contributed by atoms with Crippen molar-refractivity contribution in [1.82, 2.24) is 10.2 Å². The first-order chi connectivity index (χ1) is 20.4. The molecule has 1 atom stereocenters. The Morgan fingerprint density at radius 1 is 0.907 bits per heavy atom. The zero-order valence-corrected chi connectivity index (χ0v) is 26.3. The molecule has 4 rings (SSSR count). The maximum absolute atomic E-state index is 14.4. The molecule has 0 aromatic heterocycles. The average molecular weight is 608 g/mol.